The Hall–Kier alpha value is -0.880. The molecule has 2 heterocycles. The minimum atomic E-state index is 0.418. The average molecular weight is 268 g/mol. The molecule has 0 bridgehead atoms. The van der Waals surface area contributed by atoms with E-state index in [2.05, 4.69) is 32.6 Å². The van der Waals surface area contributed by atoms with Gasteiger partial charge in [-0.2, -0.15) is 8.75 Å². The number of nitrogens with zero attached hydrogens (tertiary/aromatic N) is 4. The summed E-state index contributed by atoms with van der Waals surface area (Å²) in [6.45, 7) is 6.35. The average Bonchev–Trinajstić information content (AvgIpc) is 2.95. The van der Waals surface area contributed by atoms with Crippen LogP contribution in [0.3, 0.4) is 0 Å². The van der Waals surface area contributed by atoms with Gasteiger partial charge in [-0.05, 0) is 42.8 Å². The van der Waals surface area contributed by atoms with E-state index in [9.17, 15) is 0 Å². The van der Waals surface area contributed by atoms with Crippen molar-refractivity contribution < 1.29 is 0 Å². The van der Waals surface area contributed by atoms with Crippen LogP contribution in [0, 0.1) is 6.92 Å². The topological polar surface area (TPSA) is 51.6 Å². The summed E-state index contributed by atoms with van der Waals surface area (Å²) in [5.41, 5.74) is 1.79. The molecular formula is C11H16N4S2. The first kappa shape index (κ1) is 12.6. The third-order valence-electron chi connectivity index (χ3n) is 2.84. The molecule has 0 aromatic carbocycles. The lowest BCUT2D eigenvalue weighted by Crippen LogP contribution is -2.01. The zero-order valence-electron chi connectivity index (χ0n) is 10.3. The second-order valence-electron chi connectivity index (χ2n) is 4.34. The molecule has 2 rings (SSSR count). The first-order valence-corrected chi connectivity index (χ1v) is 7.34. The minimum Gasteiger partial charge on any atom is -0.228 e. The second-order valence-corrected chi connectivity index (χ2v) is 5.90. The maximum atomic E-state index is 4.43. The minimum absolute atomic E-state index is 0.418. The summed E-state index contributed by atoms with van der Waals surface area (Å²) in [4.78, 5) is 8.68. The molecule has 2 aromatic rings. The highest BCUT2D eigenvalue weighted by molar-refractivity contribution is 7.05. The van der Waals surface area contributed by atoms with Crippen molar-refractivity contribution in [1.82, 2.24) is 18.7 Å². The van der Waals surface area contributed by atoms with Crippen LogP contribution in [0.1, 0.15) is 55.2 Å². The monoisotopic (exact) mass is 268 g/mol. The molecule has 0 aliphatic heterocycles. The van der Waals surface area contributed by atoms with Gasteiger partial charge in [0.15, 0.2) is 0 Å². The van der Waals surface area contributed by atoms with E-state index in [1.807, 2.05) is 6.92 Å². The predicted molar refractivity (Wildman–Crippen MR) is 70.6 cm³/mol. The van der Waals surface area contributed by atoms with Gasteiger partial charge in [0.2, 0.25) is 0 Å². The molecule has 17 heavy (non-hydrogen) atoms. The van der Waals surface area contributed by atoms with Crippen LogP contribution in [0.5, 0.6) is 0 Å². The van der Waals surface area contributed by atoms with Gasteiger partial charge in [0, 0.05) is 11.8 Å². The van der Waals surface area contributed by atoms with Gasteiger partial charge in [0.25, 0.3) is 0 Å². The maximum absolute atomic E-state index is 4.43. The van der Waals surface area contributed by atoms with Crippen LogP contribution in [0.2, 0.25) is 0 Å². The number of hydrogen-bond acceptors (Lipinski definition) is 6. The van der Waals surface area contributed by atoms with Crippen LogP contribution in [0.25, 0.3) is 0 Å². The van der Waals surface area contributed by atoms with Gasteiger partial charge in [-0.15, -0.1) is 0 Å². The molecule has 2 unspecified atom stereocenters. The van der Waals surface area contributed by atoms with Crippen LogP contribution in [0.4, 0.5) is 0 Å². The number of aryl methyl sites for hydroxylation is 1. The lowest BCUT2D eigenvalue weighted by Gasteiger charge is -2.10. The first-order valence-electron chi connectivity index (χ1n) is 5.73. The Balaban J connectivity index is 1.86. The van der Waals surface area contributed by atoms with E-state index < -0.39 is 0 Å². The van der Waals surface area contributed by atoms with E-state index in [-0.39, 0.29) is 0 Å². The number of hydrogen-bond donors (Lipinski definition) is 0. The Morgan fingerprint density at radius 2 is 1.82 bits per heavy atom. The summed E-state index contributed by atoms with van der Waals surface area (Å²) < 4.78 is 8.63. The molecule has 0 saturated carbocycles. The molecule has 0 aliphatic rings. The molecule has 92 valence electrons. The SMILES string of the molecule is Cc1nc(C(C)CCC(C)c2ncsn2)ns1. The molecule has 0 fully saturated rings. The molecule has 0 aliphatic carbocycles. The van der Waals surface area contributed by atoms with Gasteiger partial charge in [-0.1, -0.05) is 13.8 Å². The predicted octanol–water partition coefficient (Wildman–Crippen LogP) is 3.39. The third-order valence-corrected chi connectivity index (χ3v) is 3.96. The van der Waals surface area contributed by atoms with Gasteiger partial charge in [-0.25, -0.2) is 9.97 Å². The Kier molecular flexibility index (Phi) is 4.17. The molecule has 6 heteroatoms. The Bertz CT molecular complexity index is 452. The van der Waals surface area contributed by atoms with Crippen LogP contribution in [0.15, 0.2) is 5.51 Å². The molecule has 2 aromatic heterocycles. The molecule has 0 spiro atoms. The fourth-order valence-corrected chi connectivity index (χ4v) is 2.79. The van der Waals surface area contributed by atoms with Crippen molar-refractivity contribution in [3.8, 4) is 0 Å². The van der Waals surface area contributed by atoms with Crippen molar-refractivity contribution in [2.75, 3.05) is 0 Å². The van der Waals surface area contributed by atoms with E-state index in [0.29, 0.717) is 11.8 Å². The zero-order chi connectivity index (χ0) is 12.3. The zero-order valence-corrected chi connectivity index (χ0v) is 11.9. The first-order chi connectivity index (χ1) is 8.16. The molecule has 0 saturated heterocycles. The van der Waals surface area contributed by atoms with Gasteiger partial charge in [-0.3, -0.25) is 0 Å². The van der Waals surface area contributed by atoms with E-state index in [1.54, 1.807) is 5.51 Å². The van der Waals surface area contributed by atoms with E-state index in [4.69, 9.17) is 0 Å². The highest BCUT2D eigenvalue weighted by Gasteiger charge is 2.15. The fraction of sp³-hybridized carbons (Fsp3) is 0.636. The summed E-state index contributed by atoms with van der Waals surface area (Å²) in [5, 5.41) is 1.04. The van der Waals surface area contributed by atoms with Crippen molar-refractivity contribution in [2.24, 2.45) is 0 Å². The summed E-state index contributed by atoms with van der Waals surface area (Å²) in [7, 11) is 0. The highest BCUT2D eigenvalue weighted by atomic mass is 32.1. The van der Waals surface area contributed by atoms with E-state index in [1.165, 1.54) is 23.1 Å². The molecular weight excluding hydrogens is 252 g/mol. The van der Waals surface area contributed by atoms with E-state index in [0.717, 1.165) is 29.5 Å². The summed E-state index contributed by atoms with van der Waals surface area (Å²) >= 11 is 2.90. The van der Waals surface area contributed by atoms with Crippen LogP contribution >= 0.6 is 23.1 Å². The highest BCUT2D eigenvalue weighted by Crippen LogP contribution is 2.25. The van der Waals surface area contributed by atoms with Crippen LogP contribution < -0.4 is 0 Å². The van der Waals surface area contributed by atoms with E-state index >= 15 is 0 Å². The fourth-order valence-electron chi connectivity index (χ4n) is 1.67. The molecule has 2 atom stereocenters. The maximum Gasteiger partial charge on any atom is 0.145 e. The molecule has 0 N–H and O–H groups in total. The van der Waals surface area contributed by atoms with Gasteiger partial charge < -0.3 is 0 Å². The molecule has 0 radical (unpaired) electrons. The van der Waals surface area contributed by atoms with Crippen molar-refractivity contribution in [2.45, 2.75) is 45.4 Å². The second kappa shape index (κ2) is 5.64. The normalized spacial score (nSPS) is 14.8. The van der Waals surface area contributed by atoms with Crippen molar-refractivity contribution in [3.05, 3.63) is 22.2 Å². The lowest BCUT2D eigenvalue weighted by molar-refractivity contribution is 0.546. The van der Waals surface area contributed by atoms with Gasteiger partial charge in [0.05, 0.1) is 0 Å². The third kappa shape index (κ3) is 3.29. The smallest absolute Gasteiger partial charge is 0.145 e. The number of rotatable bonds is 5. The van der Waals surface area contributed by atoms with Gasteiger partial charge in [0.1, 0.15) is 22.2 Å². The van der Waals surface area contributed by atoms with Crippen molar-refractivity contribution in [3.63, 3.8) is 0 Å². The summed E-state index contributed by atoms with van der Waals surface area (Å²) in [5.74, 6) is 2.78. The summed E-state index contributed by atoms with van der Waals surface area (Å²) in [6, 6.07) is 0. The standard InChI is InChI=1S/C11H16N4S2/c1-7(10-12-6-16-14-10)4-5-8(2)11-13-9(3)17-15-11/h6-8H,4-5H2,1-3H3. The largest absolute Gasteiger partial charge is 0.228 e. The quantitative estimate of drug-likeness (QED) is 0.834. The Morgan fingerprint density at radius 3 is 2.35 bits per heavy atom. The Labute approximate surface area is 109 Å². The van der Waals surface area contributed by atoms with Crippen LogP contribution in [-0.4, -0.2) is 18.7 Å². The van der Waals surface area contributed by atoms with Crippen molar-refractivity contribution >= 4 is 23.1 Å². The van der Waals surface area contributed by atoms with Crippen LogP contribution in [-0.2, 0) is 0 Å². The number of aromatic nitrogens is 4. The Morgan fingerprint density at radius 1 is 1.12 bits per heavy atom. The summed E-state index contributed by atoms with van der Waals surface area (Å²) in [6.07, 6.45) is 2.16. The molecule has 4 nitrogen and oxygen atoms in total. The van der Waals surface area contributed by atoms with Crippen molar-refractivity contribution in [1.29, 1.82) is 0 Å². The lowest BCUT2D eigenvalue weighted by atomic mass is 9.97. The van der Waals surface area contributed by atoms with Gasteiger partial charge >= 0.3 is 0 Å². The molecule has 0 amide bonds.